The highest BCUT2D eigenvalue weighted by atomic mass is 35.5. The van der Waals surface area contributed by atoms with E-state index in [9.17, 15) is 4.79 Å². The SMILES string of the molecule is C[C@@H](Cn1ccc(-c2ccc(C#N)c(Cl)c2)n1)NC(=O)c1cnon1. The molecule has 0 radical (unpaired) electrons. The summed E-state index contributed by atoms with van der Waals surface area (Å²) >= 11 is 6.05. The van der Waals surface area contributed by atoms with Gasteiger partial charge in [-0.25, -0.2) is 4.63 Å². The van der Waals surface area contributed by atoms with E-state index >= 15 is 0 Å². The second-order valence-corrected chi connectivity index (χ2v) is 5.80. The van der Waals surface area contributed by atoms with Crippen molar-refractivity contribution in [2.75, 3.05) is 0 Å². The van der Waals surface area contributed by atoms with Crippen molar-refractivity contribution >= 4 is 17.5 Å². The van der Waals surface area contributed by atoms with E-state index in [2.05, 4.69) is 25.4 Å². The molecule has 1 amide bonds. The van der Waals surface area contributed by atoms with Gasteiger partial charge >= 0.3 is 0 Å². The average molecular weight is 357 g/mol. The fourth-order valence-electron chi connectivity index (χ4n) is 2.27. The second kappa shape index (κ2) is 7.15. The molecule has 0 saturated carbocycles. The van der Waals surface area contributed by atoms with Crippen LogP contribution in [0.2, 0.25) is 5.02 Å². The maximum absolute atomic E-state index is 11.9. The summed E-state index contributed by atoms with van der Waals surface area (Å²) in [4.78, 5) is 11.9. The molecule has 0 fully saturated rings. The summed E-state index contributed by atoms with van der Waals surface area (Å²) < 4.78 is 6.12. The maximum Gasteiger partial charge on any atom is 0.275 e. The Balaban J connectivity index is 1.66. The average Bonchev–Trinajstić information content (AvgIpc) is 3.26. The first-order chi connectivity index (χ1) is 12.1. The summed E-state index contributed by atoms with van der Waals surface area (Å²) in [6.07, 6.45) is 3.06. The Bertz CT molecular complexity index is 929. The van der Waals surface area contributed by atoms with Crippen LogP contribution >= 0.6 is 11.6 Å². The summed E-state index contributed by atoms with van der Waals surface area (Å²) in [5.41, 5.74) is 2.09. The third-order valence-corrected chi connectivity index (χ3v) is 3.77. The van der Waals surface area contributed by atoms with E-state index in [1.165, 1.54) is 6.20 Å². The molecule has 0 bridgehead atoms. The van der Waals surface area contributed by atoms with Gasteiger partial charge in [-0.3, -0.25) is 9.48 Å². The first kappa shape index (κ1) is 16.7. The van der Waals surface area contributed by atoms with Crippen LogP contribution in [-0.4, -0.2) is 32.0 Å². The first-order valence-corrected chi connectivity index (χ1v) is 7.76. The molecule has 2 aromatic heterocycles. The summed E-state index contributed by atoms with van der Waals surface area (Å²) in [5.74, 6) is -0.361. The Morgan fingerprint density at radius 2 is 2.32 bits per heavy atom. The third-order valence-electron chi connectivity index (χ3n) is 3.46. The monoisotopic (exact) mass is 356 g/mol. The molecule has 1 N–H and O–H groups in total. The van der Waals surface area contributed by atoms with E-state index in [4.69, 9.17) is 16.9 Å². The number of nitrogens with one attached hydrogen (secondary N) is 1. The van der Waals surface area contributed by atoms with E-state index < -0.39 is 0 Å². The van der Waals surface area contributed by atoms with E-state index in [1.807, 2.05) is 25.3 Å². The number of amides is 1. The van der Waals surface area contributed by atoms with Crippen LogP contribution in [0.1, 0.15) is 23.0 Å². The zero-order valence-corrected chi connectivity index (χ0v) is 13.9. The van der Waals surface area contributed by atoms with Crippen LogP contribution in [0.3, 0.4) is 0 Å². The Hall–Kier alpha value is -3.18. The van der Waals surface area contributed by atoms with Gasteiger partial charge in [0, 0.05) is 17.8 Å². The normalized spacial score (nSPS) is 11.7. The Labute approximate surface area is 148 Å². The number of hydrogen-bond donors (Lipinski definition) is 1. The molecule has 0 aliphatic rings. The highest BCUT2D eigenvalue weighted by Gasteiger charge is 2.14. The standard InChI is InChI=1S/C16H13ClN6O2/c1-10(20-16(24)15-8-19-25-22-15)9-23-5-4-14(21-23)11-2-3-12(7-18)13(17)6-11/h2-6,8,10H,9H2,1H3,(H,20,24)/t10-/m0/s1. The number of carbonyl (C=O) groups excluding carboxylic acids is 1. The van der Waals surface area contributed by atoms with E-state index in [1.54, 1.807) is 22.9 Å². The Morgan fingerprint density at radius 3 is 3.00 bits per heavy atom. The molecule has 2 heterocycles. The fraction of sp³-hybridized carbons (Fsp3) is 0.188. The van der Waals surface area contributed by atoms with Crippen molar-refractivity contribution in [1.29, 1.82) is 5.26 Å². The van der Waals surface area contributed by atoms with Crippen molar-refractivity contribution in [2.45, 2.75) is 19.5 Å². The van der Waals surface area contributed by atoms with Gasteiger partial charge < -0.3 is 5.32 Å². The summed E-state index contributed by atoms with van der Waals surface area (Å²) in [5, 5.41) is 23.4. The molecular weight excluding hydrogens is 344 g/mol. The molecule has 8 nitrogen and oxygen atoms in total. The summed E-state index contributed by atoms with van der Waals surface area (Å²) in [6, 6.07) is 8.84. The van der Waals surface area contributed by atoms with Gasteiger partial charge in [0.2, 0.25) is 0 Å². The molecule has 126 valence electrons. The van der Waals surface area contributed by atoms with Gasteiger partial charge in [0.25, 0.3) is 5.91 Å². The molecule has 25 heavy (non-hydrogen) atoms. The van der Waals surface area contributed by atoms with Crippen LogP contribution < -0.4 is 5.32 Å². The second-order valence-electron chi connectivity index (χ2n) is 5.40. The van der Waals surface area contributed by atoms with Crippen LogP contribution in [0.25, 0.3) is 11.3 Å². The van der Waals surface area contributed by atoms with Crippen molar-refractivity contribution in [2.24, 2.45) is 0 Å². The van der Waals surface area contributed by atoms with Crippen molar-refractivity contribution in [3.05, 3.63) is 52.9 Å². The minimum Gasteiger partial charge on any atom is -0.346 e. The van der Waals surface area contributed by atoms with Gasteiger partial charge in [0.1, 0.15) is 12.3 Å². The quantitative estimate of drug-likeness (QED) is 0.751. The highest BCUT2D eigenvalue weighted by molar-refractivity contribution is 6.32. The van der Waals surface area contributed by atoms with Crippen LogP contribution in [0.4, 0.5) is 0 Å². The molecule has 0 saturated heterocycles. The number of aromatic nitrogens is 4. The van der Waals surface area contributed by atoms with Crippen molar-refractivity contribution in [3.8, 4) is 17.3 Å². The van der Waals surface area contributed by atoms with Crippen LogP contribution in [0.5, 0.6) is 0 Å². The number of hydrogen-bond acceptors (Lipinski definition) is 6. The number of rotatable bonds is 5. The van der Waals surface area contributed by atoms with Crippen LogP contribution in [0.15, 0.2) is 41.3 Å². The van der Waals surface area contributed by atoms with Crippen molar-refractivity contribution in [3.63, 3.8) is 0 Å². The smallest absolute Gasteiger partial charge is 0.275 e. The molecule has 0 unspecified atom stereocenters. The first-order valence-electron chi connectivity index (χ1n) is 7.38. The van der Waals surface area contributed by atoms with E-state index in [-0.39, 0.29) is 17.6 Å². The largest absolute Gasteiger partial charge is 0.346 e. The zero-order chi connectivity index (χ0) is 17.8. The molecule has 1 atom stereocenters. The minimum absolute atomic E-state index is 0.125. The molecular formula is C16H13ClN6O2. The molecule has 9 heteroatoms. The number of halogens is 1. The number of benzene rings is 1. The lowest BCUT2D eigenvalue weighted by atomic mass is 10.1. The highest BCUT2D eigenvalue weighted by Crippen LogP contribution is 2.24. The minimum atomic E-state index is -0.361. The van der Waals surface area contributed by atoms with Gasteiger partial charge in [-0.15, -0.1) is 0 Å². The van der Waals surface area contributed by atoms with E-state index in [0.717, 1.165) is 11.3 Å². The molecule has 0 aliphatic heterocycles. The van der Waals surface area contributed by atoms with Crippen LogP contribution in [-0.2, 0) is 6.54 Å². The number of nitrogens with zero attached hydrogens (tertiary/aromatic N) is 5. The van der Waals surface area contributed by atoms with Gasteiger partial charge in [0.05, 0.1) is 22.8 Å². The molecule has 0 spiro atoms. The topological polar surface area (TPSA) is 110 Å². The lowest BCUT2D eigenvalue weighted by molar-refractivity contribution is 0.0926. The number of carbonyl (C=O) groups is 1. The fourth-order valence-corrected chi connectivity index (χ4v) is 2.49. The Morgan fingerprint density at radius 1 is 1.48 bits per heavy atom. The molecule has 3 rings (SSSR count). The van der Waals surface area contributed by atoms with Crippen LogP contribution in [0, 0.1) is 11.3 Å². The van der Waals surface area contributed by atoms with Crippen molar-refractivity contribution < 1.29 is 9.42 Å². The number of nitriles is 1. The maximum atomic E-state index is 11.9. The summed E-state index contributed by atoms with van der Waals surface area (Å²) in [7, 11) is 0. The van der Waals surface area contributed by atoms with Gasteiger partial charge in [0.15, 0.2) is 5.69 Å². The van der Waals surface area contributed by atoms with Gasteiger partial charge in [-0.05, 0) is 30.3 Å². The predicted octanol–water partition coefficient (Wildman–Crippen LogP) is 2.28. The van der Waals surface area contributed by atoms with Gasteiger partial charge in [-0.2, -0.15) is 10.4 Å². The molecule has 3 aromatic rings. The zero-order valence-electron chi connectivity index (χ0n) is 13.2. The third kappa shape index (κ3) is 3.84. The Kier molecular flexibility index (Phi) is 4.77. The summed E-state index contributed by atoms with van der Waals surface area (Å²) in [6.45, 7) is 2.33. The van der Waals surface area contributed by atoms with E-state index in [0.29, 0.717) is 17.1 Å². The van der Waals surface area contributed by atoms with Crippen molar-refractivity contribution in [1.82, 2.24) is 25.4 Å². The predicted molar refractivity (Wildman–Crippen MR) is 88.6 cm³/mol. The lowest BCUT2D eigenvalue weighted by Crippen LogP contribution is -2.36. The lowest BCUT2D eigenvalue weighted by Gasteiger charge is -2.12. The molecule has 1 aromatic carbocycles. The van der Waals surface area contributed by atoms with Gasteiger partial charge in [-0.1, -0.05) is 22.8 Å². The molecule has 0 aliphatic carbocycles.